The summed E-state index contributed by atoms with van der Waals surface area (Å²) < 4.78 is 15.1. The van der Waals surface area contributed by atoms with Crippen molar-refractivity contribution in [2.24, 2.45) is 5.92 Å². The molecule has 2 heterocycles. The number of Topliss-reactive ketones (excluding diaryl/α,β-unsaturated/α-hetero) is 1. The summed E-state index contributed by atoms with van der Waals surface area (Å²) in [6.07, 6.45) is 0.600. The van der Waals surface area contributed by atoms with E-state index in [2.05, 4.69) is 4.90 Å². The first kappa shape index (κ1) is 17.8. The maximum absolute atomic E-state index is 13.2. The quantitative estimate of drug-likeness (QED) is 0.848. The molecule has 0 amide bonds. The molecule has 0 radical (unpaired) electrons. The van der Waals surface area contributed by atoms with Crippen molar-refractivity contribution < 1.29 is 14.3 Å². The van der Waals surface area contributed by atoms with Gasteiger partial charge in [0.1, 0.15) is 5.82 Å². The lowest BCUT2D eigenvalue weighted by atomic mass is 10.0. The van der Waals surface area contributed by atoms with Crippen LogP contribution in [-0.2, 0) is 0 Å². The number of hydrogen-bond acceptors (Lipinski definition) is 3. The van der Waals surface area contributed by atoms with Crippen molar-refractivity contribution in [2.75, 3.05) is 19.6 Å². The summed E-state index contributed by atoms with van der Waals surface area (Å²) in [4.78, 5) is 14.9. The number of nitrogens with zero attached hydrogens (tertiary/aromatic N) is 2. The molecule has 1 saturated heterocycles. The fourth-order valence-corrected chi connectivity index (χ4v) is 3.72. The molecule has 0 spiro atoms. The number of likely N-dealkylation sites (tertiary alicyclic amines) is 1. The predicted octanol–water partition coefficient (Wildman–Crippen LogP) is 3.12. The van der Waals surface area contributed by atoms with Gasteiger partial charge in [0.25, 0.3) is 0 Å². The fourth-order valence-electron chi connectivity index (χ4n) is 3.72. The molecule has 5 heteroatoms. The first-order chi connectivity index (χ1) is 11.9. The number of benzene rings is 1. The molecular formula is C20H25FN2O2. The lowest BCUT2D eigenvalue weighted by Crippen LogP contribution is -2.29. The van der Waals surface area contributed by atoms with Crippen LogP contribution in [0.15, 0.2) is 30.3 Å². The number of aliphatic hydroxyl groups excluding tert-OH is 1. The lowest BCUT2D eigenvalue weighted by molar-refractivity contribution is 0.0925. The number of ketones is 1. The van der Waals surface area contributed by atoms with Gasteiger partial charge >= 0.3 is 0 Å². The molecule has 0 aliphatic carbocycles. The van der Waals surface area contributed by atoms with E-state index in [0.717, 1.165) is 36.6 Å². The van der Waals surface area contributed by atoms with E-state index < -0.39 is 0 Å². The molecule has 2 unspecified atom stereocenters. The Bertz CT molecular complexity index is 765. The second-order valence-electron chi connectivity index (χ2n) is 7.04. The molecule has 1 aliphatic heterocycles. The Morgan fingerprint density at radius 2 is 2.00 bits per heavy atom. The highest BCUT2D eigenvalue weighted by atomic mass is 19.1. The minimum atomic E-state index is -0.330. The Morgan fingerprint density at radius 3 is 2.60 bits per heavy atom. The number of carbonyl (C=O) groups excluding carboxylic acids is 1. The van der Waals surface area contributed by atoms with Crippen molar-refractivity contribution >= 4 is 5.78 Å². The third kappa shape index (κ3) is 3.67. The van der Waals surface area contributed by atoms with Crippen LogP contribution in [0.1, 0.15) is 35.1 Å². The van der Waals surface area contributed by atoms with Crippen LogP contribution in [-0.4, -0.2) is 46.1 Å². The third-order valence-electron chi connectivity index (χ3n) is 5.17. The van der Waals surface area contributed by atoms with E-state index in [9.17, 15) is 14.3 Å². The normalized spacial score (nSPS) is 19.3. The van der Waals surface area contributed by atoms with E-state index in [1.807, 2.05) is 31.4 Å². The Balaban J connectivity index is 1.78. The molecular weight excluding hydrogens is 319 g/mol. The number of hydrogen-bond donors (Lipinski definition) is 1. The zero-order valence-corrected chi connectivity index (χ0v) is 15.0. The first-order valence-electron chi connectivity index (χ1n) is 8.75. The zero-order chi connectivity index (χ0) is 18.1. The van der Waals surface area contributed by atoms with E-state index in [1.54, 1.807) is 12.1 Å². The maximum atomic E-state index is 13.2. The number of aryl methyl sites for hydroxylation is 1. The zero-order valence-electron chi connectivity index (χ0n) is 15.0. The molecule has 2 atom stereocenters. The second kappa shape index (κ2) is 7.10. The molecule has 3 rings (SSSR count). The summed E-state index contributed by atoms with van der Waals surface area (Å²) in [7, 11) is 0. The molecule has 25 heavy (non-hydrogen) atoms. The maximum Gasteiger partial charge on any atom is 0.178 e. The number of rotatable bonds is 5. The van der Waals surface area contributed by atoms with E-state index >= 15 is 0 Å². The van der Waals surface area contributed by atoms with Gasteiger partial charge in [-0.2, -0.15) is 0 Å². The van der Waals surface area contributed by atoms with Crippen LogP contribution in [0.3, 0.4) is 0 Å². The largest absolute Gasteiger partial charge is 0.393 e. The predicted molar refractivity (Wildman–Crippen MR) is 95.8 cm³/mol. The number of aliphatic hydroxyl groups is 1. The van der Waals surface area contributed by atoms with Crippen LogP contribution in [0.5, 0.6) is 0 Å². The molecule has 134 valence electrons. The van der Waals surface area contributed by atoms with Gasteiger partial charge in [0.15, 0.2) is 5.78 Å². The highest BCUT2D eigenvalue weighted by Gasteiger charge is 2.28. The molecule has 1 N–H and O–H groups in total. The average Bonchev–Trinajstić information content (AvgIpc) is 3.13. The van der Waals surface area contributed by atoms with Crippen LogP contribution in [0.4, 0.5) is 4.39 Å². The van der Waals surface area contributed by atoms with Gasteiger partial charge in [-0.3, -0.25) is 9.69 Å². The second-order valence-corrected chi connectivity index (χ2v) is 7.04. The van der Waals surface area contributed by atoms with Crippen LogP contribution >= 0.6 is 0 Å². The minimum Gasteiger partial charge on any atom is -0.393 e. The Morgan fingerprint density at radius 1 is 1.32 bits per heavy atom. The van der Waals surface area contributed by atoms with E-state index in [0.29, 0.717) is 12.1 Å². The summed E-state index contributed by atoms with van der Waals surface area (Å²) in [5.74, 6) is 0.0661. The molecule has 2 aromatic rings. The topological polar surface area (TPSA) is 45.5 Å². The highest BCUT2D eigenvalue weighted by molar-refractivity contribution is 5.99. The van der Waals surface area contributed by atoms with E-state index in [4.69, 9.17) is 0 Å². The van der Waals surface area contributed by atoms with Crippen molar-refractivity contribution in [2.45, 2.75) is 33.3 Å². The highest BCUT2D eigenvalue weighted by Crippen LogP contribution is 2.24. The summed E-state index contributed by atoms with van der Waals surface area (Å²) in [6.45, 7) is 7.67. The Hall–Kier alpha value is -1.98. The molecule has 4 nitrogen and oxygen atoms in total. The summed E-state index contributed by atoms with van der Waals surface area (Å²) in [5, 5.41) is 9.71. The van der Waals surface area contributed by atoms with Crippen molar-refractivity contribution in [3.05, 3.63) is 53.1 Å². The Kier molecular flexibility index (Phi) is 5.06. The van der Waals surface area contributed by atoms with Gasteiger partial charge in [-0.1, -0.05) is 0 Å². The minimum absolute atomic E-state index is 0.0905. The SMILES string of the molecule is Cc1cc(C(=O)CN2CCC(C(C)O)C2)c(C)n1-c1ccc(F)cc1. The van der Waals surface area contributed by atoms with Crippen molar-refractivity contribution in [1.82, 2.24) is 9.47 Å². The van der Waals surface area contributed by atoms with Gasteiger partial charge in [-0.15, -0.1) is 0 Å². The van der Waals surface area contributed by atoms with Gasteiger partial charge in [0.2, 0.25) is 0 Å². The van der Waals surface area contributed by atoms with Gasteiger partial charge < -0.3 is 9.67 Å². The Labute approximate surface area is 147 Å². The van der Waals surface area contributed by atoms with Crippen molar-refractivity contribution in [3.8, 4) is 5.69 Å². The molecule has 1 aromatic heterocycles. The van der Waals surface area contributed by atoms with E-state index in [-0.39, 0.29) is 23.6 Å². The number of carbonyl (C=O) groups is 1. The molecule has 0 saturated carbocycles. The summed E-state index contributed by atoms with van der Waals surface area (Å²) in [5.41, 5.74) is 3.39. The first-order valence-corrected chi connectivity index (χ1v) is 8.75. The van der Waals surface area contributed by atoms with Gasteiger partial charge in [-0.05, 0) is 70.0 Å². The monoisotopic (exact) mass is 344 g/mol. The standard InChI is InChI=1S/C20H25FN2O2/c1-13-10-19(14(2)23(13)18-6-4-17(21)5-7-18)20(25)12-22-9-8-16(11-22)15(3)24/h4-7,10,15-16,24H,8-9,11-12H2,1-3H3. The fraction of sp³-hybridized carbons (Fsp3) is 0.450. The van der Waals surface area contributed by atoms with Crippen molar-refractivity contribution in [1.29, 1.82) is 0 Å². The van der Waals surface area contributed by atoms with Gasteiger partial charge in [0.05, 0.1) is 12.6 Å². The molecule has 1 aromatic carbocycles. The molecule has 0 bridgehead atoms. The van der Waals surface area contributed by atoms with Gasteiger partial charge in [0, 0.05) is 29.2 Å². The smallest absolute Gasteiger partial charge is 0.178 e. The van der Waals surface area contributed by atoms with Crippen LogP contribution in [0.25, 0.3) is 5.69 Å². The van der Waals surface area contributed by atoms with E-state index in [1.165, 1.54) is 12.1 Å². The van der Waals surface area contributed by atoms with Crippen molar-refractivity contribution in [3.63, 3.8) is 0 Å². The third-order valence-corrected chi connectivity index (χ3v) is 5.17. The van der Waals surface area contributed by atoms with Crippen LogP contribution in [0, 0.1) is 25.6 Å². The number of halogens is 1. The number of aromatic nitrogens is 1. The van der Waals surface area contributed by atoms with Crippen LogP contribution < -0.4 is 0 Å². The van der Waals surface area contributed by atoms with Gasteiger partial charge in [-0.25, -0.2) is 4.39 Å². The van der Waals surface area contributed by atoms with Crippen LogP contribution in [0.2, 0.25) is 0 Å². The summed E-state index contributed by atoms with van der Waals surface area (Å²) >= 11 is 0. The lowest BCUT2D eigenvalue weighted by Gasteiger charge is -2.16. The molecule has 1 fully saturated rings. The average molecular weight is 344 g/mol. The summed E-state index contributed by atoms with van der Waals surface area (Å²) in [6, 6.07) is 8.20. The molecule has 1 aliphatic rings.